The van der Waals surface area contributed by atoms with Crippen molar-refractivity contribution in [3.63, 3.8) is 0 Å². The van der Waals surface area contributed by atoms with Crippen LogP contribution in [0.25, 0.3) is 0 Å². The first kappa shape index (κ1) is 30.3. The van der Waals surface area contributed by atoms with E-state index in [1.807, 2.05) is 18.2 Å². The third kappa shape index (κ3) is 4.35. The molecule has 5 fully saturated rings. The van der Waals surface area contributed by atoms with Crippen molar-refractivity contribution in [1.29, 1.82) is 0 Å². The lowest BCUT2D eigenvalue weighted by Crippen LogP contribution is -2.54. The highest BCUT2D eigenvalue weighted by molar-refractivity contribution is 5.91. The van der Waals surface area contributed by atoms with Crippen LogP contribution in [0.15, 0.2) is 42.0 Å². The number of hydrogen-bond acceptors (Lipinski definition) is 4. The molecule has 0 amide bonds. The first-order valence-corrected chi connectivity index (χ1v) is 17.7. The van der Waals surface area contributed by atoms with E-state index in [0.717, 1.165) is 70.1 Å². The molecule has 7 aliphatic rings. The van der Waals surface area contributed by atoms with Gasteiger partial charge in [-0.2, -0.15) is 0 Å². The van der Waals surface area contributed by atoms with E-state index in [9.17, 15) is 20.1 Å². The van der Waals surface area contributed by atoms with Gasteiger partial charge in [0.1, 0.15) is 11.4 Å². The van der Waals surface area contributed by atoms with Gasteiger partial charge in [0, 0.05) is 11.8 Å². The molecule has 0 bridgehead atoms. The third-order valence-electron chi connectivity index (χ3n) is 14.6. The van der Waals surface area contributed by atoms with Crippen LogP contribution < -0.4 is 0 Å². The molecular weight excluding hydrogens is 544 g/mol. The fraction of sp³-hybridized carbons (Fsp3) is 0.675. The fourth-order valence-electron chi connectivity index (χ4n) is 12.4. The second-order valence-corrected chi connectivity index (χ2v) is 16.0. The van der Waals surface area contributed by atoms with Crippen molar-refractivity contribution in [2.45, 2.75) is 121 Å². The summed E-state index contributed by atoms with van der Waals surface area (Å²) in [6.45, 7) is 8.97. The van der Waals surface area contributed by atoms with Crippen LogP contribution in [0, 0.1) is 58.7 Å². The second-order valence-electron chi connectivity index (χ2n) is 16.0. The zero-order valence-corrected chi connectivity index (χ0v) is 26.9. The Bertz CT molecular complexity index is 1420. The largest absolute Gasteiger partial charge is 0.508 e. The molecule has 3 N–H and O–H groups in total. The smallest absolute Gasteiger partial charge is 0.155 e. The number of benzene rings is 1. The van der Waals surface area contributed by atoms with Gasteiger partial charge < -0.3 is 15.3 Å². The van der Waals surface area contributed by atoms with Crippen LogP contribution in [0.1, 0.15) is 114 Å². The number of carbonyl (C=O) groups excluding carboxylic acids is 1. The highest BCUT2D eigenvalue weighted by Crippen LogP contribution is 2.67. The molecule has 0 saturated heterocycles. The highest BCUT2D eigenvalue weighted by Gasteiger charge is 2.64. The Morgan fingerprint density at radius 2 is 1.77 bits per heavy atom. The quantitative estimate of drug-likeness (QED) is 0.230. The van der Waals surface area contributed by atoms with E-state index in [1.165, 1.54) is 41.5 Å². The van der Waals surface area contributed by atoms with Crippen LogP contribution in [-0.4, -0.2) is 32.8 Å². The van der Waals surface area contributed by atoms with Gasteiger partial charge in [-0.25, -0.2) is 0 Å². The summed E-state index contributed by atoms with van der Waals surface area (Å²) in [6, 6.07) is 5.96. The SMILES string of the molecule is C#C[C@]1(O)CC[C@H]2C3CCC4=CC(=O)CC[C@@H]4[C@H]3C(=C)C[C@@]21CC.C[C@]12CC[C@@H]3c4ccc(O)cc4CC[C@H]3[C@@H]1CC[C@@H]2O. The number of ketones is 1. The van der Waals surface area contributed by atoms with E-state index < -0.39 is 5.60 Å². The van der Waals surface area contributed by atoms with Crippen molar-refractivity contribution < 1.29 is 20.1 Å². The van der Waals surface area contributed by atoms with Gasteiger partial charge in [-0.3, -0.25) is 4.79 Å². The minimum atomic E-state index is -0.973. The molecule has 0 aliphatic heterocycles. The van der Waals surface area contributed by atoms with Gasteiger partial charge in [0.05, 0.1) is 6.10 Å². The lowest BCUT2D eigenvalue weighted by Gasteiger charge is -2.56. The number of aliphatic hydroxyl groups excluding tert-OH is 1. The number of carbonyl (C=O) groups is 1. The topological polar surface area (TPSA) is 77.8 Å². The Kier molecular flexibility index (Phi) is 7.49. The summed E-state index contributed by atoms with van der Waals surface area (Å²) in [5.74, 6) is 7.62. The van der Waals surface area contributed by atoms with Gasteiger partial charge in [0.2, 0.25) is 0 Å². The average Bonchev–Trinajstić information content (AvgIpc) is 3.49. The third-order valence-corrected chi connectivity index (χ3v) is 14.6. The Morgan fingerprint density at radius 1 is 0.977 bits per heavy atom. The maximum Gasteiger partial charge on any atom is 0.155 e. The predicted molar refractivity (Wildman–Crippen MR) is 174 cm³/mol. The normalized spacial score (nSPS) is 45.2. The van der Waals surface area contributed by atoms with Gasteiger partial charge >= 0.3 is 0 Å². The monoisotopic (exact) mass is 596 g/mol. The number of phenols is 1. The number of aromatic hydroxyl groups is 1. The van der Waals surface area contributed by atoms with Crippen LogP contribution in [0.3, 0.4) is 0 Å². The van der Waals surface area contributed by atoms with Crippen molar-refractivity contribution in [2.75, 3.05) is 0 Å². The molecule has 0 aromatic heterocycles. The van der Waals surface area contributed by atoms with Gasteiger partial charge in [-0.15, -0.1) is 6.42 Å². The maximum atomic E-state index is 11.8. The lowest BCUT2D eigenvalue weighted by molar-refractivity contribution is -0.116. The van der Waals surface area contributed by atoms with Crippen LogP contribution >= 0.6 is 0 Å². The van der Waals surface area contributed by atoms with E-state index >= 15 is 0 Å². The van der Waals surface area contributed by atoms with Gasteiger partial charge in [-0.05, 0) is 160 Å². The zero-order chi connectivity index (χ0) is 31.0. The number of aryl methyl sites for hydroxylation is 1. The molecule has 7 aliphatic carbocycles. The number of phenolic OH excluding ortho intramolecular Hbond substituents is 1. The van der Waals surface area contributed by atoms with E-state index in [-0.39, 0.29) is 16.9 Å². The molecule has 0 radical (unpaired) electrons. The lowest BCUT2D eigenvalue weighted by atomic mass is 9.48. The molecule has 236 valence electrons. The Labute approximate surface area is 264 Å². The Balaban J connectivity index is 0.000000144. The molecule has 0 spiro atoms. The molecule has 8 rings (SSSR count). The first-order valence-electron chi connectivity index (χ1n) is 17.7. The van der Waals surface area contributed by atoms with E-state index in [1.54, 1.807) is 0 Å². The molecular formula is C40H52O4. The molecule has 4 nitrogen and oxygen atoms in total. The highest BCUT2D eigenvalue weighted by atomic mass is 16.3. The summed E-state index contributed by atoms with van der Waals surface area (Å²) >= 11 is 0. The van der Waals surface area contributed by atoms with Crippen molar-refractivity contribution in [3.8, 4) is 18.1 Å². The number of rotatable bonds is 1. The van der Waals surface area contributed by atoms with Crippen LogP contribution in [0.2, 0.25) is 0 Å². The number of hydrogen-bond donors (Lipinski definition) is 3. The number of aliphatic hydroxyl groups is 2. The van der Waals surface area contributed by atoms with E-state index in [4.69, 9.17) is 6.42 Å². The number of allylic oxidation sites excluding steroid dienone is 2. The predicted octanol–water partition coefficient (Wildman–Crippen LogP) is 7.66. The van der Waals surface area contributed by atoms with Gasteiger partial charge in [0.25, 0.3) is 0 Å². The van der Waals surface area contributed by atoms with E-state index in [0.29, 0.717) is 53.5 Å². The van der Waals surface area contributed by atoms with Crippen molar-refractivity contribution in [3.05, 3.63) is 53.1 Å². The summed E-state index contributed by atoms with van der Waals surface area (Å²) < 4.78 is 0. The van der Waals surface area contributed by atoms with Crippen molar-refractivity contribution in [1.82, 2.24) is 0 Å². The Morgan fingerprint density at radius 3 is 2.55 bits per heavy atom. The van der Waals surface area contributed by atoms with Gasteiger partial charge in [-0.1, -0.05) is 43.6 Å². The standard InChI is InChI=1S/C22H28O2.C18H24O2/c1-4-21-13-14(3)20-17-9-7-16(23)12-15(17)6-8-18(20)19(21)10-11-22(21,24)5-2;1-18-9-8-14-13-5-3-12(19)10-11(13)2-4-15(14)16(18)6-7-17(18)20/h2,12,17-20,24H,3-4,6-11,13H2,1H3;3,5,10,14-17,19-20H,2,4,6-9H2,1H3/t17-,18?,19-,20+,21-,22-;14-,15-,16+,17+,18+/m01/s1. The summed E-state index contributed by atoms with van der Waals surface area (Å²) in [7, 11) is 0. The minimum Gasteiger partial charge on any atom is -0.508 e. The number of terminal acetylenes is 1. The van der Waals surface area contributed by atoms with E-state index in [2.05, 4.69) is 32.4 Å². The summed E-state index contributed by atoms with van der Waals surface area (Å²) in [6.07, 6.45) is 21.9. The molecule has 44 heavy (non-hydrogen) atoms. The first-order chi connectivity index (χ1) is 21.0. The van der Waals surface area contributed by atoms with Crippen LogP contribution in [-0.2, 0) is 11.2 Å². The second kappa shape index (κ2) is 10.9. The molecule has 1 unspecified atom stereocenters. The van der Waals surface area contributed by atoms with Crippen molar-refractivity contribution >= 4 is 5.78 Å². The summed E-state index contributed by atoms with van der Waals surface area (Å²) in [4.78, 5) is 11.8. The average molecular weight is 597 g/mol. The van der Waals surface area contributed by atoms with Crippen LogP contribution in [0.5, 0.6) is 5.75 Å². The zero-order valence-electron chi connectivity index (χ0n) is 26.9. The minimum absolute atomic E-state index is 0.0883. The van der Waals surface area contributed by atoms with Crippen molar-refractivity contribution in [2.24, 2.45) is 46.3 Å². The number of fused-ring (bicyclic) bond motifs is 10. The Hall–Kier alpha value is -2.35. The van der Waals surface area contributed by atoms with Crippen LogP contribution in [0.4, 0.5) is 0 Å². The molecule has 11 atom stereocenters. The molecule has 0 heterocycles. The molecule has 1 aromatic rings. The summed E-state index contributed by atoms with van der Waals surface area (Å²) in [5, 5.41) is 31.2. The fourth-order valence-corrected chi connectivity index (χ4v) is 12.4. The summed E-state index contributed by atoms with van der Waals surface area (Å²) in [5.41, 5.74) is 4.47. The molecule has 4 heteroatoms. The maximum absolute atomic E-state index is 11.8. The molecule has 5 saturated carbocycles. The molecule has 1 aromatic carbocycles. The van der Waals surface area contributed by atoms with Gasteiger partial charge in [0.15, 0.2) is 5.78 Å².